The van der Waals surface area contributed by atoms with Crippen molar-refractivity contribution in [3.8, 4) is 5.75 Å². The zero-order valence-electron chi connectivity index (χ0n) is 11.9. The number of carbonyl (C=O) groups excluding carboxylic acids is 1. The van der Waals surface area contributed by atoms with Gasteiger partial charge in [-0.05, 0) is 37.3 Å². The van der Waals surface area contributed by atoms with Crippen molar-refractivity contribution in [1.82, 2.24) is 0 Å². The number of carbonyl (C=O) groups is 1. The Bertz CT molecular complexity index is 976. The lowest BCUT2D eigenvalue weighted by atomic mass is 10.1. The standard InChI is InChI=1S/C17H10F2O4/c1-9-2-5-14-10(6-9)7-12(16(20)22-14)17(21)23-15-8-11(18)3-4-13(15)19/h2-8H,1H3. The van der Waals surface area contributed by atoms with E-state index in [1.54, 1.807) is 18.2 Å². The Kier molecular flexibility index (Phi) is 3.65. The topological polar surface area (TPSA) is 56.5 Å². The van der Waals surface area contributed by atoms with Gasteiger partial charge in [0.15, 0.2) is 11.6 Å². The molecule has 0 amide bonds. The molecule has 0 aliphatic carbocycles. The van der Waals surface area contributed by atoms with Crippen LogP contribution in [-0.4, -0.2) is 5.97 Å². The van der Waals surface area contributed by atoms with E-state index in [2.05, 4.69) is 0 Å². The summed E-state index contributed by atoms with van der Waals surface area (Å²) in [6.45, 7) is 1.84. The molecule has 1 aromatic heterocycles. The molecule has 0 saturated carbocycles. The summed E-state index contributed by atoms with van der Waals surface area (Å²) in [5, 5.41) is 0.524. The fourth-order valence-corrected chi connectivity index (χ4v) is 2.10. The Morgan fingerprint density at radius 2 is 1.87 bits per heavy atom. The summed E-state index contributed by atoms with van der Waals surface area (Å²) < 4.78 is 36.4. The highest BCUT2D eigenvalue weighted by molar-refractivity contribution is 5.94. The van der Waals surface area contributed by atoms with Gasteiger partial charge < -0.3 is 9.15 Å². The smallest absolute Gasteiger partial charge is 0.351 e. The number of hydrogen-bond donors (Lipinski definition) is 0. The van der Waals surface area contributed by atoms with E-state index in [4.69, 9.17) is 9.15 Å². The highest BCUT2D eigenvalue weighted by Gasteiger charge is 2.18. The molecule has 116 valence electrons. The first-order valence-electron chi connectivity index (χ1n) is 6.66. The summed E-state index contributed by atoms with van der Waals surface area (Å²) in [5.41, 5.74) is -0.0918. The highest BCUT2D eigenvalue weighted by Crippen LogP contribution is 2.20. The molecule has 6 heteroatoms. The van der Waals surface area contributed by atoms with Gasteiger partial charge in [0.2, 0.25) is 0 Å². The van der Waals surface area contributed by atoms with Crippen LogP contribution in [0.25, 0.3) is 11.0 Å². The minimum atomic E-state index is -1.12. The van der Waals surface area contributed by atoms with Crippen LogP contribution in [0.2, 0.25) is 0 Å². The van der Waals surface area contributed by atoms with Crippen molar-refractivity contribution >= 4 is 16.9 Å². The third-order valence-corrected chi connectivity index (χ3v) is 3.20. The number of hydrogen-bond acceptors (Lipinski definition) is 4. The second-order valence-corrected chi connectivity index (χ2v) is 4.95. The molecule has 0 unspecified atom stereocenters. The number of halogens is 2. The van der Waals surface area contributed by atoms with Gasteiger partial charge in [-0.2, -0.15) is 0 Å². The quantitative estimate of drug-likeness (QED) is 0.412. The van der Waals surface area contributed by atoms with Gasteiger partial charge in [-0.25, -0.2) is 18.4 Å². The van der Waals surface area contributed by atoms with Crippen molar-refractivity contribution in [3.05, 3.63) is 75.6 Å². The molecule has 0 atom stereocenters. The minimum absolute atomic E-state index is 0.314. The van der Waals surface area contributed by atoms with Crippen LogP contribution in [0.3, 0.4) is 0 Å². The maximum Gasteiger partial charge on any atom is 0.351 e. The van der Waals surface area contributed by atoms with Crippen LogP contribution in [-0.2, 0) is 0 Å². The SMILES string of the molecule is Cc1ccc2oc(=O)c(C(=O)Oc3cc(F)ccc3F)cc2c1. The second-order valence-electron chi connectivity index (χ2n) is 4.95. The largest absolute Gasteiger partial charge is 0.422 e. The first kappa shape index (κ1) is 14.9. The maximum absolute atomic E-state index is 13.5. The Hall–Kier alpha value is -3.02. The number of esters is 1. The third-order valence-electron chi connectivity index (χ3n) is 3.20. The molecule has 3 aromatic rings. The van der Waals surface area contributed by atoms with E-state index in [0.29, 0.717) is 11.0 Å². The molecular weight excluding hydrogens is 306 g/mol. The van der Waals surface area contributed by atoms with E-state index in [1.165, 1.54) is 6.07 Å². The predicted molar refractivity (Wildman–Crippen MR) is 78.5 cm³/mol. The van der Waals surface area contributed by atoms with Crippen LogP contribution >= 0.6 is 0 Å². The number of aryl methyl sites for hydroxylation is 1. The van der Waals surface area contributed by atoms with Crippen LogP contribution in [0.4, 0.5) is 8.78 Å². The molecule has 1 heterocycles. The summed E-state index contributed by atoms with van der Waals surface area (Å²) in [5.74, 6) is -3.40. The molecule has 0 aliphatic rings. The number of benzene rings is 2. The molecule has 3 rings (SSSR count). The van der Waals surface area contributed by atoms with E-state index >= 15 is 0 Å². The van der Waals surface area contributed by atoms with Crippen molar-refractivity contribution in [2.45, 2.75) is 6.92 Å². The van der Waals surface area contributed by atoms with Gasteiger partial charge in [0, 0.05) is 11.5 Å². The van der Waals surface area contributed by atoms with Gasteiger partial charge in [0.25, 0.3) is 0 Å². The zero-order chi connectivity index (χ0) is 16.6. The second kappa shape index (κ2) is 5.64. The van der Waals surface area contributed by atoms with Crippen molar-refractivity contribution in [1.29, 1.82) is 0 Å². The maximum atomic E-state index is 13.5. The molecular formula is C17H10F2O4. The predicted octanol–water partition coefficient (Wildman–Crippen LogP) is 3.60. The van der Waals surface area contributed by atoms with Crippen LogP contribution in [0.5, 0.6) is 5.75 Å². The van der Waals surface area contributed by atoms with E-state index in [-0.39, 0.29) is 0 Å². The average molecular weight is 316 g/mol. The van der Waals surface area contributed by atoms with Crippen LogP contribution in [0, 0.1) is 18.6 Å². The molecule has 0 bridgehead atoms. The van der Waals surface area contributed by atoms with Gasteiger partial charge in [0.1, 0.15) is 17.0 Å². The lowest BCUT2D eigenvalue weighted by molar-refractivity contribution is 0.0723. The number of rotatable bonds is 2. The Morgan fingerprint density at radius 3 is 2.65 bits per heavy atom. The Balaban J connectivity index is 2.02. The Labute approximate surface area is 128 Å². The zero-order valence-corrected chi connectivity index (χ0v) is 11.9. The van der Waals surface area contributed by atoms with E-state index in [1.807, 2.05) is 6.92 Å². The van der Waals surface area contributed by atoms with E-state index in [0.717, 1.165) is 23.8 Å². The molecule has 0 aliphatic heterocycles. The fourth-order valence-electron chi connectivity index (χ4n) is 2.10. The molecule has 0 radical (unpaired) electrons. The minimum Gasteiger partial charge on any atom is -0.422 e. The van der Waals surface area contributed by atoms with Crippen LogP contribution in [0.1, 0.15) is 15.9 Å². The lowest BCUT2D eigenvalue weighted by Gasteiger charge is -2.06. The van der Waals surface area contributed by atoms with Crippen molar-refractivity contribution in [2.24, 2.45) is 0 Å². The van der Waals surface area contributed by atoms with Crippen molar-refractivity contribution in [3.63, 3.8) is 0 Å². The summed E-state index contributed by atoms with van der Waals surface area (Å²) in [6.07, 6.45) is 0. The molecule has 2 aromatic carbocycles. The summed E-state index contributed by atoms with van der Waals surface area (Å²) in [4.78, 5) is 23.9. The fraction of sp³-hybridized carbons (Fsp3) is 0.0588. The first-order valence-corrected chi connectivity index (χ1v) is 6.66. The van der Waals surface area contributed by atoms with Gasteiger partial charge in [-0.15, -0.1) is 0 Å². The van der Waals surface area contributed by atoms with Gasteiger partial charge in [-0.3, -0.25) is 0 Å². The summed E-state index contributed by atoms with van der Waals surface area (Å²) in [7, 11) is 0. The summed E-state index contributed by atoms with van der Waals surface area (Å²) in [6, 6.07) is 8.81. The third kappa shape index (κ3) is 2.96. The average Bonchev–Trinajstić information content (AvgIpc) is 2.50. The van der Waals surface area contributed by atoms with Crippen molar-refractivity contribution < 1.29 is 22.7 Å². The monoisotopic (exact) mass is 316 g/mol. The molecule has 0 fully saturated rings. The van der Waals surface area contributed by atoms with E-state index < -0.39 is 34.5 Å². The first-order chi connectivity index (χ1) is 10.9. The molecule has 0 N–H and O–H groups in total. The van der Waals surface area contributed by atoms with E-state index in [9.17, 15) is 18.4 Å². The van der Waals surface area contributed by atoms with Crippen LogP contribution in [0.15, 0.2) is 51.7 Å². The molecule has 23 heavy (non-hydrogen) atoms. The lowest BCUT2D eigenvalue weighted by Crippen LogP contribution is -2.19. The van der Waals surface area contributed by atoms with Gasteiger partial charge in [-0.1, -0.05) is 11.6 Å². The molecule has 0 saturated heterocycles. The van der Waals surface area contributed by atoms with Crippen molar-refractivity contribution in [2.75, 3.05) is 0 Å². The van der Waals surface area contributed by atoms with Gasteiger partial charge in [0.05, 0.1) is 0 Å². The number of ether oxygens (including phenoxy) is 1. The summed E-state index contributed by atoms with van der Waals surface area (Å²) >= 11 is 0. The highest BCUT2D eigenvalue weighted by atomic mass is 19.1. The normalized spacial score (nSPS) is 10.7. The van der Waals surface area contributed by atoms with Crippen LogP contribution < -0.4 is 10.4 Å². The Morgan fingerprint density at radius 1 is 1.09 bits per heavy atom. The molecule has 4 nitrogen and oxygen atoms in total. The molecule has 0 spiro atoms. The van der Waals surface area contributed by atoms with Gasteiger partial charge >= 0.3 is 11.6 Å². The number of fused-ring (bicyclic) bond motifs is 1.